The first-order valence-electron chi connectivity index (χ1n) is 2.88. The molecule has 2 N–H and O–H groups in total. The van der Waals surface area contributed by atoms with Crippen LogP contribution in [-0.4, -0.2) is 31.4 Å². The minimum absolute atomic E-state index is 0.182. The number of alkyl halides is 1. The number of aromatic nitrogens is 4. The third kappa shape index (κ3) is 2.26. The van der Waals surface area contributed by atoms with Gasteiger partial charge in [0.1, 0.15) is 0 Å². The summed E-state index contributed by atoms with van der Waals surface area (Å²) in [6.45, 7) is 1.70. The molecule has 0 fully saturated rings. The number of carbonyl (C=O) groups excluding carboxylic acids is 1. The number of H-pyrrole nitrogens is 1. The second-order valence-corrected chi connectivity index (χ2v) is 3.21. The van der Waals surface area contributed by atoms with Crippen LogP contribution in [0.2, 0.25) is 0 Å². The Morgan fingerprint density at radius 2 is 2.55 bits per heavy atom. The number of hydrogen-bond acceptors (Lipinski definition) is 4. The Hall–Kier alpha value is -0.980. The summed E-state index contributed by atoms with van der Waals surface area (Å²) >= 11 is 3.09. The van der Waals surface area contributed by atoms with Gasteiger partial charge in [-0.1, -0.05) is 21.0 Å². The SMILES string of the molecule is CC(Br)C(=O)Nc1nn[nH]n1. The molecule has 1 atom stereocenters. The van der Waals surface area contributed by atoms with Gasteiger partial charge < -0.3 is 0 Å². The quantitative estimate of drug-likeness (QED) is 0.683. The van der Waals surface area contributed by atoms with E-state index in [1.54, 1.807) is 6.92 Å². The van der Waals surface area contributed by atoms with Crippen molar-refractivity contribution in [1.82, 2.24) is 20.6 Å². The fourth-order valence-corrected chi connectivity index (χ4v) is 0.539. The maximum absolute atomic E-state index is 10.9. The summed E-state index contributed by atoms with van der Waals surface area (Å²) in [6, 6.07) is 0. The number of halogens is 1. The third-order valence-corrected chi connectivity index (χ3v) is 1.36. The monoisotopic (exact) mass is 219 g/mol. The third-order valence-electron chi connectivity index (χ3n) is 0.942. The maximum Gasteiger partial charge on any atom is 0.269 e. The minimum atomic E-state index is -0.263. The molecule has 1 aromatic rings. The van der Waals surface area contributed by atoms with Crippen molar-refractivity contribution in [2.75, 3.05) is 5.32 Å². The fourth-order valence-electron chi connectivity index (χ4n) is 0.424. The summed E-state index contributed by atoms with van der Waals surface area (Å²) in [5.74, 6) is -0.0206. The standard InChI is InChI=1S/C4H6BrN5O/c1-2(5)3(11)6-4-7-9-10-8-4/h2H,1H3,(H2,6,7,8,9,10,11). The minimum Gasteiger partial charge on any atom is -0.291 e. The number of carbonyl (C=O) groups is 1. The number of anilines is 1. The smallest absolute Gasteiger partial charge is 0.269 e. The zero-order chi connectivity index (χ0) is 8.27. The van der Waals surface area contributed by atoms with E-state index < -0.39 is 0 Å². The number of nitrogens with one attached hydrogen (secondary N) is 2. The predicted molar refractivity (Wildman–Crippen MR) is 41.2 cm³/mol. The molecule has 0 radical (unpaired) electrons. The largest absolute Gasteiger partial charge is 0.291 e. The van der Waals surface area contributed by atoms with Crippen LogP contribution < -0.4 is 5.32 Å². The number of aromatic amines is 1. The highest BCUT2D eigenvalue weighted by molar-refractivity contribution is 9.10. The molecule has 0 aliphatic rings. The molecule has 0 aliphatic carbocycles. The number of amides is 1. The van der Waals surface area contributed by atoms with Gasteiger partial charge in [-0.05, 0) is 12.1 Å². The highest BCUT2D eigenvalue weighted by Gasteiger charge is 2.10. The number of hydrogen-bond donors (Lipinski definition) is 2. The molecular weight excluding hydrogens is 214 g/mol. The number of nitrogens with zero attached hydrogens (tertiary/aromatic N) is 3. The highest BCUT2D eigenvalue weighted by atomic mass is 79.9. The van der Waals surface area contributed by atoms with Gasteiger partial charge >= 0.3 is 0 Å². The van der Waals surface area contributed by atoms with Gasteiger partial charge in [-0.15, -0.1) is 5.10 Å². The first-order chi connectivity index (χ1) is 5.20. The Kier molecular flexibility index (Phi) is 2.53. The van der Waals surface area contributed by atoms with E-state index in [0.717, 1.165) is 0 Å². The van der Waals surface area contributed by atoms with Crippen LogP contribution in [0.5, 0.6) is 0 Å². The lowest BCUT2D eigenvalue weighted by Crippen LogP contribution is -2.20. The molecule has 1 aromatic heterocycles. The average Bonchev–Trinajstić information content (AvgIpc) is 2.39. The van der Waals surface area contributed by atoms with Crippen molar-refractivity contribution < 1.29 is 4.79 Å². The van der Waals surface area contributed by atoms with Crippen molar-refractivity contribution in [2.45, 2.75) is 11.8 Å². The zero-order valence-electron chi connectivity index (χ0n) is 5.71. The lowest BCUT2D eigenvalue weighted by atomic mass is 10.4. The molecule has 60 valence electrons. The molecule has 0 aliphatic heterocycles. The number of rotatable bonds is 2. The molecular formula is C4H6BrN5O. The van der Waals surface area contributed by atoms with Gasteiger partial charge in [0.05, 0.1) is 4.83 Å². The van der Waals surface area contributed by atoms with Gasteiger partial charge in [-0.2, -0.15) is 5.21 Å². The Morgan fingerprint density at radius 3 is 3.00 bits per heavy atom. The summed E-state index contributed by atoms with van der Waals surface area (Å²) in [5, 5.41) is 15.0. The summed E-state index contributed by atoms with van der Waals surface area (Å²) in [5.41, 5.74) is 0. The van der Waals surface area contributed by atoms with Gasteiger partial charge in [0.2, 0.25) is 5.91 Å². The van der Waals surface area contributed by atoms with Crippen LogP contribution in [0.3, 0.4) is 0 Å². The molecule has 1 amide bonds. The van der Waals surface area contributed by atoms with Gasteiger partial charge in [0.15, 0.2) is 0 Å². The molecule has 1 rings (SSSR count). The van der Waals surface area contributed by atoms with Crippen LogP contribution in [0.15, 0.2) is 0 Å². The topological polar surface area (TPSA) is 83.6 Å². The van der Waals surface area contributed by atoms with Crippen LogP contribution in [0.4, 0.5) is 5.95 Å². The molecule has 1 unspecified atom stereocenters. The first kappa shape index (κ1) is 8.12. The molecule has 0 bridgehead atoms. The summed E-state index contributed by atoms with van der Waals surface area (Å²) in [7, 11) is 0. The van der Waals surface area contributed by atoms with Gasteiger partial charge in [0, 0.05) is 0 Å². The number of tetrazole rings is 1. The van der Waals surface area contributed by atoms with E-state index in [-0.39, 0.29) is 16.7 Å². The Bertz CT molecular complexity index is 233. The fraction of sp³-hybridized carbons (Fsp3) is 0.500. The summed E-state index contributed by atoms with van der Waals surface area (Å²) < 4.78 is 0. The molecule has 7 heteroatoms. The van der Waals surface area contributed by atoms with E-state index in [0.29, 0.717) is 0 Å². The first-order valence-corrected chi connectivity index (χ1v) is 3.80. The summed E-state index contributed by atoms with van der Waals surface area (Å²) in [6.07, 6.45) is 0. The van der Waals surface area contributed by atoms with Crippen LogP contribution in [0.1, 0.15) is 6.92 Å². The predicted octanol–water partition coefficient (Wildman–Crippen LogP) is -0.0784. The van der Waals surface area contributed by atoms with Crippen molar-refractivity contribution in [1.29, 1.82) is 0 Å². The molecule has 0 spiro atoms. The average molecular weight is 220 g/mol. The molecule has 0 saturated heterocycles. The van der Waals surface area contributed by atoms with Gasteiger partial charge in [-0.3, -0.25) is 10.1 Å². The van der Waals surface area contributed by atoms with E-state index in [9.17, 15) is 4.79 Å². The van der Waals surface area contributed by atoms with Crippen molar-refractivity contribution in [2.24, 2.45) is 0 Å². The molecule has 1 heterocycles. The van der Waals surface area contributed by atoms with Crippen molar-refractivity contribution in [3.63, 3.8) is 0 Å². The van der Waals surface area contributed by atoms with Crippen LogP contribution in [0.25, 0.3) is 0 Å². The lowest BCUT2D eigenvalue weighted by Gasteiger charge is -1.99. The highest BCUT2D eigenvalue weighted by Crippen LogP contribution is 2.00. The molecule has 0 aromatic carbocycles. The normalized spacial score (nSPS) is 12.5. The van der Waals surface area contributed by atoms with Gasteiger partial charge in [0.25, 0.3) is 5.95 Å². The van der Waals surface area contributed by atoms with E-state index in [2.05, 4.69) is 41.9 Å². The van der Waals surface area contributed by atoms with Crippen LogP contribution in [0, 0.1) is 0 Å². The van der Waals surface area contributed by atoms with Crippen LogP contribution in [-0.2, 0) is 4.79 Å². The van der Waals surface area contributed by atoms with Crippen molar-refractivity contribution in [3.05, 3.63) is 0 Å². The second-order valence-electron chi connectivity index (χ2n) is 1.84. The van der Waals surface area contributed by atoms with Gasteiger partial charge in [-0.25, -0.2) is 0 Å². The van der Waals surface area contributed by atoms with E-state index >= 15 is 0 Å². The molecule has 0 saturated carbocycles. The Labute approximate surface area is 70.9 Å². The summed E-state index contributed by atoms with van der Waals surface area (Å²) in [4.78, 5) is 10.7. The maximum atomic E-state index is 10.9. The Balaban J connectivity index is 2.50. The van der Waals surface area contributed by atoms with Crippen LogP contribution >= 0.6 is 15.9 Å². The molecule has 11 heavy (non-hydrogen) atoms. The Morgan fingerprint density at radius 1 is 1.82 bits per heavy atom. The molecule has 6 nitrogen and oxygen atoms in total. The van der Waals surface area contributed by atoms with E-state index in [1.165, 1.54) is 0 Å². The lowest BCUT2D eigenvalue weighted by molar-refractivity contribution is -0.115. The zero-order valence-corrected chi connectivity index (χ0v) is 7.29. The van der Waals surface area contributed by atoms with E-state index in [1.807, 2.05) is 0 Å². The van der Waals surface area contributed by atoms with Crippen molar-refractivity contribution >= 4 is 27.8 Å². The second kappa shape index (κ2) is 3.42. The van der Waals surface area contributed by atoms with Crippen molar-refractivity contribution in [3.8, 4) is 0 Å². The van der Waals surface area contributed by atoms with E-state index in [4.69, 9.17) is 0 Å².